The molecule has 0 saturated heterocycles. The van der Waals surface area contributed by atoms with Crippen molar-refractivity contribution >= 4 is 29.2 Å². The largest absolute Gasteiger partial charge is 0.452 e. The Balaban J connectivity index is 2.25. The van der Waals surface area contributed by atoms with E-state index in [1.54, 1.807) is 52.0 Å². The molecular weight excluding hydrogens is 296 g/mol. The number of rotatable bonds is 3. The predicted octanol–water partition coefficient (Wildman–Crippen LogP) is 2.26. The molecule has 6 nitrogen and oxygen atoms in total. The molecule has 0 fully saturated rings. The average Bonchev–Trinajstić information content (AvgIpc) is 2.45. The number of ether oxygens (including phenoxy) is 1. The van der Waals surface area contributed by atoms with Crippen LogP contribution in [0.15, 0.2) is 35.9 Å². The number of allylic oxidation sites excluding steroid dienone is 1. The number of amides is 2. The first-order valence-electron chi connectivity index (χ1n) is 7.28. The highest BCUT2D eigenvalue weighted by Crippen LogP contribution is 2.36. The molecule has 23 heavy (non-hydrogen) atoms. The van der Waals surface area contributed by atoms with E-state index in [-0.39, 0.29) is 5.91 Å². The van der Waals surface area contributed by atoms with Gasteiger partial charge >= 0.3 is 5.97 Å². The molecule has 0 spiro atoms. The van der Waals surface area contributed by atoms with Crippen molar-refractivity contribution in [3.8, 4) is 0 Å². The maximum atomic E-state index is 12.6. The number of hydrogen-bond acceptors (Lipinski definition) is 4. The lowest BCUT2D eigenvalue weighted by Crippen LogP contribution is -2.59. The standard InChI is InChI=1S/C17H20N2O4/c1-11(2)9-15(21)23-10-14(20)19-13-8-6-5-7-12(13)18-16(22)17(19,3)4/h5-9H,10H2,1-4H3,(H,18,22). The van der Waals surface area contributed by atoms with Gasteiger partial charge in [-0.2, -0.15) is 0 Å². The Morgan fingerprint density at radius 2 is 1.91 bits per heavy atom. The Labute approximate surface area is 135 Å². The van der Waals surface area contributed by atoms with Crippen LogP contribution in [0.4, 0.5) is 11.4 Å². The fourth-order valence-electron chi connectivity index (χ4n) is 2.37. The zero-order valence-electron chi connectivity index (χ0n) is 13.7. The second-order valence-corrected chi connectivity index (χ2v) is 6.09. The number of carbonyl (C=O) groups is 3. The second-order valence-electron chi connectivity index (χ2n) is 6.09. The minimum absolute atomic E-state index is 0.292. The number of fused-ring (bicyclic) bond motifs is 1. The van der Waals surface area contributed by atoms with E-state index in [4.69, 9.17) is 4.74 Å². The zero-order chi connectivity index (χ0) is 17.2. The van der Waals surface area contributed by atoms with Crippen LogP contribution < -0.4 is 10.2 Å². The highest BCUT2D eigenvalue weighted by molar-refractivity contribution is 6.14. The van der Waals surface area contributed by atoms with E-state index >= 15 is 0 Å². The minimum Gasteiger partial charge on any atom is -0.452 e. The summed E-state index contributed by atoms with van der Waals surface area (Å²) in [6.07, 6.45) is 1.31. The molecule has 2 amide bonds. The summed E-state index contributed by atoms with van der Waals surface area (Å²) < 4.78 is 4.97. The lowest BCUT2D eigenvalue weighted by atomic mass is 9.96. The van der Waals surface area contributed by atoms with Gasteiger partial charge in [-0.05, 0) is 39.8 Å². The second kappa shape index (κ2) is 6.24. The third kappa shape index (κ3) is 3.41. The normalized spacial score (nSPS) is 15.3. The van der Waals surface area contributed by atoms with Crippen LogP contribution in [0.3, 0.4) is 0 Å². The van der Waals surface area contributed by atoms with Gasteiger partial charge in [0.25, 0.3) is 5.91 Å². The summed E-state index contributed by atoms with van der Waals surface area (Å²) in [6.45, 7) is 6.39. The molecule has 1 N–H and O–H groups in total. The van der Waals surface area contributed by atoms with Gasteiger partial charge in [0.15, 0.2) is 6.61 Å². The zero-order valence-corrected chi connectivity index (χ0v) is 13.7. The van der Waals surface area contributed by atoms with E-state index in [2.05, 4.69) is 5.32 Å². The highest BCUT2D eigenvalue weighted by atomic mass is 16.5. The van der Waals surface area contributed by atoms with Gasteiger partial charge in [-0.1, -0.05) is 17.7 Å². The van der Waals surface area contributed by atoms with Crippen molar-refractivity contribution in [1.29, 1.82) is 0 Å². The molecule has 0 aliphatic carbocycles. The molecule has 1 aliphatic heterocycles. The average molecular weight is 316 g/mol. The third-order valence-corrected chi connectivity index (χ3v) is 3.50. The van der Waals surface area contributed by atoms with Crippen molar-refractivity contribution < 1.29 is 19.1 Å². The fourth-order valence-corrected chi connectivity index (χ4v) is 2.37. The van der Waals surface area contributed by atoms with Crippen LogP contribution >= 0.6 is 0 Å². The maximum Gasteiger partial charge on any atom is 0.331 e. The van der Waals surface area contributed by atoms with E-state index < -0.39 is 24.0 Å². The number of hydrogen-bond donors (Lipinski definition) is 1. The summed E-state index contributed by atoms with van der Waals surface area (Å²) in [4.78, 5) is 37.8. The number of nitrogens with zero attached hydrogens (tertiary/aromatic N) is 1. The summed E-state index contributed by atoms with van der Waals surface area (Å²) in [5.41, 5.74) is 0.848. The van der Waals surface area contributed by atoms with E-state index in [1.165, 1.54) is 11.0 Å². The summed E-state index contributed by atoms with van der Waals surface area (Å²) in [7, 11) is 0. The number of benzene rings is 1. The molecule has 0 bridgehead atoms. The molecule has 0 unspecified atom stereocenters. The van der Waals surface area contributed by atoms with Gasteiger partial charge in [0, 0.05) is 6.08 Å². The quantitative estimate of drug-likeness (QED) is 0.685. The summed E-state index contributed by atoms with van der Waals surface area (Å²) in [5, 5.41) is 2.78. The van der Waals surface area contributed by atoms with Crippen molar-refractivity contribution in [1.82, 2.24) is 0 Å². The lowest BCUT2D eigenvalue weighted by molar-refractivity contribution is -0.143. The summed E-state index contributed by atoms with van der Waals surface area (Å²) >= 11 is 0. The SMILES string of the molecule is CC(C)=CC(=O)OCC(=O)N1c2ccccc2NC(=O)C1(C)C. The van der Waals surface area contributed by atoms with Crippen molar-refractivity contribution in [2.45, 2.75) is 33.2 Å². The molecule has 0 aromatic heterocycles. The van der Waals surface area contributed by atoms with Crippen LogP contribution in [0.5, 0.6) is 0 Å². The van der Waals surface area contributed by atoms with E-state index in [1.807, 2.05) is 0 Å². The van der Waals surface area contributed by atoms with Crippen molar-refractivity contribution in [2.75, 3.05) is 16.8 Å². The molecule has 1 heterocycles. The third-order valence-electron chi connectivity index (χ3n) is 3.50. The van der Waals surface area contributed by atoms with Crippen LogP contribution in [-0.2, 0) is 19.1 Å². The first-order chi connectivity index (χ1) is 10.7. The Hall–Kier alpha value is -2.63. The van der Waals surface area contributed by atoms with Crippen molar-refractivity contribution in [3.05, 3.63) is 35.9 Å². The fraction of sp³-hybridized carbons (Fsp3) is 0.353. The Morgan fingerprint density at radius 1 is 1.26 bits per heavy atom. The molecule has 0 radical (unpaired) electrons. The Bertz CT molecular complexity index is 688. The van der Waals surface area contributed by atoms with Gasteiger partial charge in [0.2, 0.25) is 5.91 Å². The molecule has 0 atom stereocenters. The monoisotopic (exact) mass is 316 g/mol. The van der Waals surface area contributed by atoms with Gasteiger partial charge < -0.3 is 10.1 Å². The predicted molar refractivity (Wildman–Crippen MR) is 87.0 cm³/mol. The molecule has 1 aromatic rings. The first-order valence-corrected chi connectivity index (χ1v) is 7.28. The smallest absolute Gasteiger partial charge is 0.331 e. The summed E-state index contributed by atoms with van der Waals surface area (Å²) in [6, 6.07) is 7.01. The molecule has 1 aliphatic rings. The number of anilines is 2. The van der Waals surface area contributed by atoms with Gasteiger partial charge in [-0.15, -0.1) is 0 Å². The number of esters is 1. The van der Waals surface area contributed by atoms with Gasteiger partial charge in [-0.3, -0.25) is 14.5 Å². The number of para-hydroxylation sites is 2. The summed E-state index contributed by atoms with van der Waals surface area (Å²) in [5.74, 6) is -1.32. The highest BCUT2D eigenvalue weighted by Gasteiger charge is 2.43. The molecule has 0 saturated carbocycles. The van der Waals surface area contributed by atoms with Gasteiger partial charge in [0.1, 0.15) is 5.54 Å². The maximum absolute atomic E-state index is 12.6. The van der Waals surface area contributed by atoms with E-state index in [0.717, 1.165) is 5.57 Å². The first kappa shape index (κ1) is 16.7. The Kier molecular flexibility index (Phi) is 4.54. The van der Waals surface area contributed by atoms with Crippen molar-refractivity contribution in [3.63, 3.8) is 0 Å². The van der Waals surface area contributed by atoms with Crippen molar-refractivity contribution in [2.24, 2.45) is 0 Å². The van der Waals surface area contributed by atoms with Gasteiger partial charge in [0.05, 0.1) is 11.4 Å². The number of carbonyl (C=O) groups excluding carboxylic acids is 3. The number of nitrogens with one attached hydrogen (secondary N) is 1. The molecular formula is C17H20N2O4. The topological polar surface area (TPSA) is 75.7 Å². The Morgan fingerprint density at radius 3 is 2.57 bits per heavy atom. The van der Waals surface area contributed by atoms with Crippen LogP contribution in [0.25, 0.3) is 0 Å². The molecule has 1 aromatic carbocycles. The molecule has 6 heteroatoms. The van der Waals surface area contributed by atoms with Crippen LogP contribution in [-0.4, -0.2) is 29.9 Å². The van der Waals surface area contributed by atoms with E-state index in [9.17, 15) is 14.4 Å². The minimum atomic E-state index is -1.08. The van der Waals surface area contributed by atoms with Crippen LogP contribution in [0, 0.1) is 0 Å². The lowest BCUT2D eigenvalue weighted by Gasteiger charge is -2.41. The molecule has 2 rings (SSSR count). The van der Waals surface area contributed by atoms with Crippen LogP contribution in [0.2, 0.25) is 0 Å². The van der Waals surface area contributed by atoms with Gasteiger partial charge in [-0.25, -0.2) is 4.79 Å². The van der Waals surface area contributed by atoms with E-state index in [0.29, 0.717) is 11.4 Å². The molecule has 122 valence electrons. The van der Waals surface area contributed by atoms with Crippen LogP contribution in [0.1, 0.15) is 27.7 Å².